The molecule has 0 atom stereocenters. The quantitative estimate of drug-likeness (QED) is 0.260. The molecule has 3 heterocycles. The zero-order chi connectivity index (χ0) is 26.3. The van der Waals surface area contributed by atoms with Gasteiger partial charge in [0, 0.05) is 39.3 Å². The van der Waals surface area contributed by atoms with Crippen molar-refractivity contribution in [2.75, 3.05) is 11.5 Å². The molecule has 4 nitrogen and oxygen atoms in total. The standard InChI is InChI=1S/C32H30N4S2/c1-31(2)19-37-29(35-31)24-14-10-22(11-15-24)27-18-26(21-8-6-5-7-9-21)33-28(34-27)23-12-16-25(17-13-23)30-36-32(3,4)20-38-30/h5-18H,19-20H2,1-4H3. The highest BCUT2D eigenvalue weighted by molar-refractivity contribution is 8.15. The SMILES string of the molecule is CC1(C)CSC(c2ccc(-c3cc(-c4ccccc4)nc(-c4ccc(C5=NC(C)(C)CS5)cc4)n3)cc2)=N1. The average molecular weight is 535 g/mol. The maximum atomic E-state index is 5.02. The first-order chi connectivity index (χ1) is 18.2. The molecule has 0 N–H and O–H groups in total. The lowest BCUT2D eigenvalue weighted by atomic mass is 10.0. The topological polar surface area (TPSA) is 50.5 Å². The van der Waals surface area contributed by atoms with Crippen molar-refractivity contribution in [3.8, 4) is 33.9 Å². The molecule has 6 rings (SSSR count). The van der Waals surface area contributed by atoms with Gasteiger partial charge in [-0.1, -0.05) is 78.9 Å². The number of benzene rings is 3. The average Bonchev–Trinajstić information content (AvgIpc) is 3.49. The Hall–Kier alpha value is -3.22. The summed E-state index contributed by atoms with van der Waals surface area (Å²) in [5.74, 6) is 2.75. The summed E-state index contributed by atoms with van der Waals surface area (Å²) >= 11 is 3.65. The maximum absolute atomic E-state index is 5.02. The van der Waals surface area contributed by atoms with Crippen LogP contribution in [-0.4, -0.2) is 42.6 Å². The summed E-state index contributed by atoms with van der Waals surface area (Å²) < 4.78 is 0. The second-order valence-electron chi connectivity index (χ2n) is 11.0. The van der Waals surface area contributed by atoms with Crippen LogP contribution >= 0.6 is 23.5 Å². The molecule has 0 spiro atoms. The third-order valence-corrected chi connectivity index (χ3v) is 9.45. The molecule has 6 heteroatoms. The van der Waals surface area contributed by atoms with E-state index in [0.717, 1.165) is 66.6 Å². The molecule has 1 aromatic heterocycles. The smallest absolute Gasteiger partial charge is 0.160 e. The van der Waals surface area contributed by atoms with Crippen LogP contribution in [0.2, 0.25) is 0 Å². The van der Waals surface area contributed by atoms with Crippen molar-refractivity contribution in [1.29, 1.82) is 0 Å². The van der Waals surface area contributed by atoms with Crippen LogP contribution in [0.1, 0.15) is 38.8 Å². The zero-order valence-corrected chi connectivity index (χ0v) is 23.7. The van der Waals surface area contributed by atoms with Crippen LogP contribution in [0, 0.1) is 0 Å². The summed E-state index contributed by atoms with van der Waals surface area (Å²) in [5.41, 5.74) is 7.25. The maximum Gasteiger partial charge on any atom is 0.160 e. The Morgan fingerprint density at radius 2 is 0.947 bits per heavy atom. The third kappa shape index (κ3) is 5.33. The van der Waals surface area contributed by atoms with Crippen LogP contribution < -0.4 is 0 Å². The molecule has 0 radical (unpaired) electrons. The minimum Gasteiger partial charge on any atom is -0.271 e. The molecule has 0 bridgehead atoms. The van der Waals surface area contributed by atoms with E-state index in [1.165, 1.54) is 0 Å². The van der Waals surface area contributed by atoms with Crippen molar-refractivity contribution in [2.45, 2.75) is 38.8 Å². The predicted molar refractivity (Wildman–Crippen MR) is 164 cm³/mol. The summed E-state index contributed by atoms with van der Waals surface area (Å²) in [5, 5.41) is 2.22. The van der Waals surface area contributed by atoms with E-state index in [-0.39, 0.29) is 11.1 Å². The molecule has 38 heavy (non-hydrogen) atoms. The predicted octanol–water partition coefficient (Wildman–Crippen LogP) is 8.02. The van der Waals surface area contributed by atoms with E-state index in [0.29, 0.717) is 0 Å². The second kappa shape index (κ2) is 9.83. The van der Waals surface area contributed by atoms with Gasteiger partial charge in [0.25, 0.3) is 0 Å². The number of hydrogen-bond donors (Lipinski definition) is 0. The number of nitrogens with zero attached hydrogens (tertiary/aromatic N) is 4. The number of thioether (sulfide) groups is 2. The fourth-order valence-corrected chi connectivity index (χ4v) is 6.83. The van der Waals surface area contributed by atoms with Crippen LogP contribution in [0.3, 0.4) is 0 Å². The van der Waals surface area contributed by atoms with Gasteiger partial charge in [0.15, 0.2) is 5.82 Å². The molecule has 0 fully saturated rings. The van der Waals surface area contributed by atoms with Crippen molar-refractivity contribution in [2.24, 2.45) is 9.98 Å². The first-order valence-electron chi connectivity index (χ1n) is 12.9. The lowest BCUT2D eigenvalue weighted by Crippen LogP contribution is -2.15. The van der Waals surface area contributed by atoms with Crippen molar-refractivity contribution >= 4 is 33.6 Å². The number of hydrogen-bond acceptors (Lipinski definition) is 6. The molecule has 0 saturated heterocycles. The molecule has 2 aliphatic rings. The van der Waals surface area contributed by atoms with Gasteiger partial charge in [-0.3, -0.25) is 9.98 Å². The lowest BCUT2D eigenvalue weighted by molar-refractivity contribution is 0.605. The zero-order valence-electron chi connectivity index (χ0n) is 22.1. The van der Waals surface area contributed by atoms with Crippen LogP contribution in [0.5, 0.6) is 0 Å². The largest absolute Gasteiger partial charge is 0.271 e. The van der Waals surface area contributed by atoms with Gasteiger partial charge in [-0.05, 0) is 33.8 Å². The van der Waals surface area contributed by atoms with Crippen LogP contribution in [0.4, 0.5) is 0 Å². The van der Waals surface area contributed by atoms with E-state index in [9.17, 15) is 0 Å². The molecule has 0 aliphatic carbocycles. The highest BCUT2D eigenvalue weighted by Crippen LogP contribution is 2.33. The molecule has 3 aromatic carbocycles. The molecular weight excluding hydrogens is 505 g/mol. The third-order valence-electron chi connectivity index (χ3n) is 6.55. The molecule has 2 aliphatic heterocycles. The Balaban J connectivity index is 1.37. The van der Waals surface area contributed by atoms with Gasteiger partial charge in [-0.2, -0.15) is 0 Å². The van der Waals surface area contributed by atoms with Gasteiger partial charge in [-0.25, -0.2) is 9.97 Å². The Morgan fingerprint density at radius 3 is 1.39 bits per heavy atom. The van der Waals surface area contributed by atoms with Crippen LogP contribution in [0.25, 0.3) is 33.9 Å². The van der Waals surface area contributed by atoms with E-state index >= 15 is 0 Å². The Kier molecular flexibility index (Phi) is 6.48. The first-order valence-corrected chi connectivity index (χ1v) is 14.8. The van der Waals surface area contributed by atoms with Crippen molar-refractivity contribution < 1.29 is 0 Å². The Labute approximate surface area is 233 Å². The van der Waals surface area contributed by atoms with E-state index < -0.39 is 0 Å². The molecular formula is C32H30N4S2. The highest BCUT2D eigenvalue weighted by Gasteiger charge is 2.27. The summed E-state index contributed by atoms with van der Waals surface area (Å²) in [6.07, 6.45) is 0. The Bertz CT molecular complexity index is 1440. The first kappa shape index (κ1) is 25.1. The minimum atomic E-state index is -0.00446. The van der Waals surface area contributed by atoms with E-state index in [4.69, 9.17) is 20.0 Å². The molecule has 0 unspecified atom stereocenters. The normalized spacial score (nSPS) is 17.8. The van der Waals surface area contributed by atoms with Gasteiger partial charge in [0.2, 0.25) is 0 Å². The minimum absolute atomic E-state index is 0.000379. The summed E-state index contributed by atoms with van der Waals surface area (Å²) in [6.45, 7) is 8.73. The number of rotatable bonds is 5. The van der Waals surface area contributed by atoms with Crippen LogP contribution in [0.15, 0.2) is 94.9 Å². The van der Waals surface area contributed by atoms with Crippen molar-refractivity contribution in [1.82, 2.24) is 9.97 Å². The van der Waals surface area contributed by atoms with Gasteiger partial charge in [0.1, 0.15) is 0 Å². The van der Waals surface area contributed by atoms with Crippen molar-refractivity contribution in [3.05, 3.63) is 96.1 Å². The molecule has 0 saturated carbocycles. The van der Waals surface area contributed by atoms with Gasteiger partial charge in [-0.15, -0.1) is 23.5 Å². The van der Waals surface area contributed by atoms with Gasteiger partial charge < -0.3 is 0 Å². The van der Waals surface area contributed by atoms with Crippen molar-refractivity contribution in [3.63, 3.8) is 0 Å². The molecule has 190 valence electrons. The summed E-state index contributed by atoms with van der Waals surface area (Å²) in [4.78, 5) is 19.8. The van der Waals surface area contributed by atoms with Crippen LogP contribution in [-0.2, 0) is 0 Å². The fourth-order valence-electron chi connectivity index (χ4n) is 4.49. The Morgan fingerprint density at radius 1 is 0.526 bits per heavy atom. The number of aromatic nitrogens is 2. The van der Waals surface area contributed by atoms with Gasteiger partial charge in [0.05, 0.1) is 32.6 Å². The number of aliphatic imine (C=N–C) groups is 2. The second-order valence-corrected chi connectivity index (χ2v) is 12.9. The highest BCUT2D eigenvalue weighted by atomic mass is 32.2. The summed E-state index contributed by atoms with van der Waals surface area (Å²) in [7, 11) is 0. The van der Waals surface area contributed by atoms with E-state index in [1.54, 1.807) is 0 Å². The van der Waals surface area contributed by atoms with E-state index in [1.807, 2.05) is 41.7 Å². The molecule has 4 aromatic rings. The molecule has 0 amide bonds. The summed E-state index contributed by atoms with van der Waals surface area (Å²) in [6, 6.07) is 29.5. The van der Waals surface area contributed by atoms with Gasteiger partial charge >= 0.3 is 0 Å². The monoisotopic (exact) mass is 534 g/mol. The van der Waals surface area contributed by atoms with E-state index in [2.05, 4.69) is 94.4 Å². The fraction of sp³-hybridized carbons (Fsp3) is 0.250. The lowest BCUT2D eigenvalue weighted by Gasteiger charge is -2.11.